The Hall–Kier alpha value is -1.79. The smallest absolute Gasteiger partial charge is 0.286 e. The molecule has 0 aliphatic rings. The zero-order valence-electron chi connectivity index (χ0n) is 11.0. The molecular formula is C14H13BrClN3O2. The van der Waals surface area contributed by atoms with Gasteiger partial charge in [-0.1, -0.05) is 29.8 Å². The lowest BCUT2D eigenvalue weighted by Crippen LogP contribution is -2.41. The highest BCUT2D eigenvalue weighted by atomic mass is 79.9. The highest BCUT2D eigenvalue weighted by Gasteiger charge is 2.09. The van der Waals surface area contributed by atoms with Gasteiger partial charge >= 0.3 is 0 Å². The summed E-state index contributed by atoms with van der Waals surface area (Å²) in [7, 11) is 0. The van der Waals surface area contributed by atoms with E-state index >= 15 is 0 Å². The molecule has 110 valence electrons. The molecular weight excluding hydrogens is 358 g/mol. The van der Waals surface area contributed by atoms with E-state index in [0.717, 1.165) is 10.0 Å². The summed E-state index contributed by atoms with van der Waals surface area (Å²) in [6.07, 6.45) is 2.38. The van der Waals surface area contributed by atoms with Gasteiger partial charge in [-0.25, -0.2) is 0 Å². The summed E-state index contributed by atoms with van der Waals surface area (Å²) >= 11 is 9.23. The van der Waals surface area contributed by atoms with Crippen molar-refractivity contribution in [3.8, 4) is 0 Å². The first-order valence-corrected chi connectivity index (χ1v) is 7.40. The minimum Gasteiger partial charge on any atom is -0.356 e. The molecule has 21 heavy (non-hydrogen) atoms. The average molecular weight is 371 g/mol. The predicted octanol–water partition coefficient (Wildman–Crippen LogP) is 2.82. The van der Waals surface area contributed by atoms with E-state index < -0.39 is 5.91 Å². The largest absolute Gasteiger partial charge is 0.356 e. The number of halogens is 2. The zero-order chi connectivity index (χ0) is 15.2. The number of amides is 2. The van der Waals surface area contributed by atoms with Gasteiger partial charge in [0.15, 0.2) is 0 Å². The van der Waals surface area contributed by atoms with E-state index in [0.29, 0.717) is 17.1 Å². The summed E-state index contributed by atoms with van der Waals surface area (Å²) in [5, 5.41) is 0.630. The number of aryl methyl sites for hydroxylation is 1. The Morgan fingerprint density at radius 1 is 1.24 bits per heavy atom. The Kier molecular flexibility index (Phi) is 5.41. The van der Waals surface area contributed by atoms with Crippen molar-refractivity contribution < 1.29 is 9.59 Å². The second-order valence-corrected chi connectivity index (χ2v) is 5.65. The molecule has 0 bridgehead atoms. The highest BCUT2D eigenvalue weighted by Crippen LogP contribution is 2.16. The van der Waals surface area contributed by atoms with Gasteiger partial charge in [0.05, 0.1) is 0 Å². The number of rotatable bonds is 4. The molecule has 2 rings (SSSR count). The van der Waals surface area contributed by atoms with Crippen molar-refractivity contribution in [1.82, 2.24) is 15.8 Å². The number of H-pyrrole nitrogens is 1. The van der Waals surface area contributed by atoms with E-state index in [2.05, 4.69) is 31.8 Å². The van der Waals surface area contributed by atoms with E-state index in [9.17, 15) is 9.59 Å². The monoisotopic (exact) mass is 369 g/mol. The van der Waals surface area contributed by atoms with Crippen LogP contribution in [0, 0.1) is 0 Å². The highest BCUT2D eigenvalue weighted by molar-refractivity contribution is 9.10. The van der Waals surface area contributed by atoms with E-state index in [1.807, 2.05) is 18.2 Å². The molecule has 5 nitrogen and oxygen atoms in total. The van der Waals surface area contributed by atoms with Crippen molar-refractivity contribution in [2.45, 2.75) is 12.8 Å². The number of hydrazine groups is 1. The average Bonchev–Trinajstić information content (AvgIpc) is 2.90. The summed E-state index contributed by atoms with van der Waals surface area (Å²) in [5.74, 6) is -0.694. The molecule has 1 aromatic carbocycles. The maximum atomic E-state index is 11.7. The van der Waals surface area contributed by atoms with Crippen molar-refractivity contribution >= 4 is 39.3 Å². The number of nitrogens with one attached hydrogen (secondary N) is 3. The maximum Gasteiger partial charge on any atom is 0.286 e. The number of carbonyl (C=O) groups excluding carboxylic acids is 2. The molecule has 1 heterocycles. The Morgan fingerprint density at radius 3 is 2.67 bits per heavy atom. The van der Waals surface area contributed by atoms with Gasteiger partial charge in [0, 0.05) is 22.1 Å². The van der Waals surface area contributed by atoms with Crippen LogP contribution in [-0.2, 0) is 11.2 Å². The lowest BCUT2D eigenvalue weighted by atomic mass is 10.1. The van der Waals surface area contributed by atoms with E-state index in [-0.39, 0.29) is 12.3 Å². The van der Waals surface area contributed by atoms with Gasteiger partial charge in [-0.3, -0.25) is 20.4 Å². The van der Waals surface area contributed by atoms with Crippen LogP contribution in [0.25, 0.3) is 0 Å². The molecule has 0 atom stereocenters. The number of hydrogen-bond acceptors (Lipinski definition) is 2. The van der Waals surface area contributed by atoms with Crippen LogP contribution in [-0.4, -0.2) is 16.8 Å². The Bertz CT molecular complexity index is 657. The lowest BCUT2D eigenvalue weighted by molar-refractivity contribution is -0.121. The normalized spacial score (nSPS) is 10.2. The van der Waals surface area contributed by atoms with Crippen LogP contribution in [0.1, 0.15) is 22.5 Å². The molecule has 0 radical (unpaired) electrons. The van der Waals surface area contributed by atoms with Crippen molar-refractivity contribution in [3.63, 3.8) is 0 Å². The predicted molar refractivity (Wildman–Crippen MR) is 83.9 cm³/mol. The molecule has 0 fully saturated rings. The third-order valence-electron chi connectivity index (χ3n) is 2.79. The van der Waals surface area contributed by atoms with E-state index in [4.69, 9.17) is 11.6 Å². The summed E-state index contributed by atoms with van der Waals surface area (Å²) in [6, 6.07) is 8.96. The Morgan fingerprint density at radius 2 is 2.00 bits per heavy atom. The molecule has 1 aromatic heterocycles. The molecule has 0 spiro atoms. The van der Waals surface area contributed by atoms with Crippen molar-refractivity contribution in [1.29, 1.82) is 0 Å². The molecule has 0 aliphatic carbocycles. The van der Waals surface area contributed by atoms with Crippen LogP contribution in [0.3, 0.4) is 0 Å². The molecule has 0 aliphatic heterocycles. The van der Waals surface area contributed by atoms with Crippen molar-refractivity contribution in [2.24, 2.45) is 0 Å². The van der Waals surface area contributed by atoms with E-state index in [1.54, 1.807) is 18.3 Å². The minimum atomic E-state index is -0.410. The van der Waals surface area contributed by atoms with Crippen LogP contribution in [0.5, 0.6) is 0 Å². The molecule has 7 heteroatoms. The van der Waals surface area contributed by atoms with Gasteiger partial charge < -0.3 is 4.98 Å². The van der Waals surface area contributed by atoms with Crippen LogP contribution in [0.2, 0.25) is 5.02 Å². The molecule has 0 saturated heterocycles. The molecule has 2 amide bonds. The van der Waals surface area contributed by atoms with Crippen LogP contribution >= 0.6 is 27.5 Å². The van der Waals surface area contributed by atoms with E-state index in [1.165, 1.54) is 0 Å². The van der Waals surface area contributed by atoms with Gasteiger partial charge in [-0.15, -0.1) is 0 Å². The summed E-state index contributed by atoms with van der Waals surface area (Å²) in [4.78, 5) is 26.1. The quantitative estimate of drug-likeness (QED) is 0.724. The molecule has 0 unspecified atom stereocenters. The minimum absolute atomic E-state index is 0.235. The van der Waals surface area contributed by atoms with Gasteiger partial charge in [-0.05, 0) is 40.0 Å². The van der Waals surface area contributed by atoms with Crippen LogP contribution < -0.4 is 10.9 Å². The Labute approximate surface area is 135 Å². The SMILES string of the molecule is O=C(CCc1ccccc1Cl)NNC(=O)c1cc(Br)c[nH]1. The zero-order valence-corrected chi connectivity index (χ0v) is 13.3. The second-order valence-electron chi connectivity index (χ2n) is 4.33. The van der Waals surface area contributed by atoms with Crippen LogP contribution in [0.15, 0.2) is 41.0 Å². The Balaban J connectivity index is 1.78. The van der Waals surface area contributed by atoms with Gasteiger partial charge in [0.25, 0.3) is 5.91 Å². The first-order chi connectivity index (χ1) is 10.1. The van der Waals surface area contributed by atoms with Gasteiger partial charge in [0.2, 0.25) is 5.91 Å². The fraction of sp³-hybridized carbons (Fsp3) is 0.143. The number of carbonyl (C=O) groups is 2. The lowest BCUT2D eigenvalue weighted by Gasteiger charge is -2.07. The summed E-state index contributed by atoms with van der Waals surface area (Å²) in [5.41, 5.74) is 5.95. The number of hydrogen-bond donors (Lipinski definition) is 3. The van der Waals surface area contributed by atoms with Crippen LogP contribution in [0.4, 0.5) is 0 Å². The second kappa shape index (κ2) is 7.28. The molecule has 0 saturated carbocycles. The topological polar surface area (TPSA) is 74.0 Å². The maximum absolute atomic E-state index is 11.7. The standard InChI is InChI=1S/C14H13BrClN3O2/c15-10-7-12(17-8-10)14(21)19-18-13(20)6-5-9-3-1-2-4-11(9)16/h1-4,7-8,17H,5-6H2,(H,18,20)(H,19,21). The third-order valence-corrected chi connectivity index (χ3v) is 3.61. The fourth-order valence-corrected chi connectivity index (χ4v) is 2.28. The molecule has 3 N–H and O–H groups in total. The molecule has 2 aromatic rings. The van der Waals surface area contributed by atoms with Crippen molar-refractivity contribution in [3.05, 3.63) is 57.3 Å². The third kappa shape index (κ3) is 4.61. The van der Waals surface area contributed by atoms with Gasteiger partial charge in [-0.2, -0.15) is 0 Å². The number of aromatic amines is 1. The first-order valence-electron chi connectivity index (χ1n) is 6.23. The fourth-order valence-electron chi connectivity index (χ4n) is 1.70. The van der Waals surface area contributed by atoms with Gasteiger partial charge in [0.1, 0.15) is 5.69 Å². The summed E-state index contributed by atoms with van der Waals surface area (Å²) in [6.45, 7) is 0. The number of aromatic nitrogens is 1. The van der Waals surface area contributed by atoms with Crippen molar-refractivity contribution in [2.75, 3.05) is 0 Å². The number of benzene rings is 1. The first kappa shape index (κ1) is 15.6. The summed E-state index contributed by atoms with van der Waals surface area (Å²) < 4.78 is 0.762.